The van der Waals surface area contributed by atoms with Crippen LogP contribution in [0, 0.1) is 0 Å². The van der Waals surface area contributed by atoms with Crippen LogP contribution in [0.3, 0.4) is 0 Å². The van der Waals surface area contributed by atoms with Gasteiger partial charge in [-0.1, -0.05) is 6.92 Å². The minimum absolute atomic E-state index is 0.141. The molecule has 0 aromatic rings. The number of thioether (sulfide) groups is 1. The molecule has 0 heterocycles. The maximum absolute atomic E-state index is 8.84. The van der Waals surface area contributed by atoms with Gasteiger partial charge < -0.3 is 5.11 Å². The van der Waals surface area contributed by atoms with Crippen molar-refractivity contribution in [3.05, 3.63) is 0 Å². The van der Waals surface area contributed by atoms with Crippen LogP contribution in [0.5, 0.6) is 0 Å². The van der Waals surface area contributed by atoms with Gasteiger partial charge in [0.1, 0.15) is 0 Å². The molecule has 0 rings (SSSR count). The van der Waals surface area contributed by atoms with E-state index in [0.29, 0.717) is 5.25 Å². The molecule has 0 amide bonds. The molecular formula is C6H14OS. The Bertz CT molecular complexity index is 54.5. The smallest absolute Gasteiger partial charge is 0.0522 e. The first-order valence-electron chi connectivity index (χ1n) is 2.87. The molecule has 0 bridgehead atoms. The summed E-state index contributed by atoms with van der Waals surface area (Å²) in [6.07, 6.45) is 2.83. The van der Waals surface area contributed by atoms with Crippen molar-refractivity contribution >= 4 is 11.8 Å². The highest BCUT2D eigenvalue weighted by atomic mass is 32.2. The third kappa shape index (κ3) is 4.47. The molecule has 0 aliphatic rings. The SMILES string of the molecule is CSC(C)CC(C)O. The van der Waals surface area contributed by atoms with Gasteiger partial charge in [-0.15, -0.1) is 0 Å². The van der Waals surface area contributed by atoms with E-state index < -0.39 is 0 Å². The molecule has 2 heteroatoms. The summed E-state index contributed by atoms with van der Waals surface area (Å²) in [5.74, 6) is 0. The van der Waals surface area contributed by atoms with Gasteiger partial charge in [0.15, 0.2) is 0 Å². The number of aliphatic hydroxyl groups excluding tert-OH is 1. The fraction of sp³-hybridized carbons (Fsp3) is 1.00. The summed E-state index contributed by atoms with van der Waals surface area (Å²) in [7, 11) is 0. The minimum atomic E-state index is -0.141. The fourth-order valence-corrected chi connectivity index (χ4v) is 1.05. The standard InChI is InChI=1S/C6H14OS/c1-5(7)4-6(2)8-3/h5-7H,4H2,1-3H3. The van der Waals surface area contributed by atoms with Gasteiger partial charge in [0, 0.05) is 5.25 Å². The highest BCUT2D eigenvalue weighted by molar-refractivity contribution is 7.99. The Morgan fingerprint density at radius 1 is 1.50 bits per heavy atom. The maximum Gasteiger partial charge on any atom is 0.0522 e. The van der Waals surface area contributed by atoms with Crippen LogP contribution in [-0.4, -0.2) is 22.7 Å². The van der Waals surface area contributed by atoms with Gasteiger partial charge in [0.25, 0.3) is 0 Å². The fourth-order valence-electron chi connectivity index (χ4n) is 0.577. The van der Waals surface area contributed by atoms with Crippen molar-refractivity contribution in [3.63, 3.8) is 0 Å². The summed E-state index contributed by atoms with van der Waals surface area (Å²) < 4.78 is 0. The first-order chi connectivity index (χ1) is 3.66. The van der Waals surface area contributed by atoms with Crippen molar-refractivity contribution in [2.45, 2.75) is 31.6 Å². The van der Waals surface area contributed by atoms with Crippen LogP contribution >= 0.6 is 11.8 Å². The molecule has 0 aromatic heterocycles. The first kappa shape index (κ1) is 8.31. The predicted octanol–water partition coefficient (Wildman–Crippen LogP) is 1.51. The molecule has 1 N–H and O–H groups in total. The quantitative estimate of drug-likeness (QED) is 0.631. The largest absolute Gasteiger partial charge is 0.393 e. The molecule has 50 valence electrons. The number of aliphatic hydroxyl groups is 1. The zero-order chi connectivity index (χ0) is 6.57. The van der Waals surface area contributed by atoms with E-state index in [2.05, 4.69) is 13.2 Å². The lowest BCUT2D eigenvalue weighted by molar-refractivity contribution is 0.185. The average Bonchev–Trinajstić information content (AvgIpc) is 1.65. The molecule has 1 nitrogen and oxygen atoms in total. The minimum Gasteiger partial charge on any atom is -0.393 e. The van der Waals surface area contributed by atoms with E-state index in [1.54, 1.807) is 11.8 Å². The predicted molar refractivity (Wildman–Crippen MR) is 39.3 cm³/mol. The van der Waals surface area contributed by atoms with Crippen molar-refractivity contribution in [1.82, 2.24) is 0 Å². The van der Waals surface area contributed by atoms with Gasteiger partial charge >= 0.3 is 0 Å². The topological polar surface area (TPSA) is 20.2 Å². The van der Waals surface area contributed by atoms with Crippen LogP contribution in [-0.2, 0) is 0 Å². The second-order valence-corrected chi connectivity index (χ2v) is 3.41. The summed E-state index contributed by atoms with van der Waals surface area (Å²) in [6, 6.07) is 0. The Morgan fingerprint density at radius 2 is 2.00 bits per heavy atom. The van der Waals surface area contributed by atoms with Gasteiger partial charge in [0.05, 0.1) is 6.10 Å². The summed E-state index contributed by atoms with van der Waals surface area (Å²) in [6.45, 7) is 3.95. The van der Waals surface area contributed by atoms with Crippen LogP contribution < -0.4 is 0 Å². The molecule has 0 fully saturated rings. The van der Waals surface area contributed by atoms with E-state index in [-0.39, 0.29) is 6.10 Å². The van der Waals surface area contributed by atoms with E-state index in [1.807, 2.05) is 6.92 Å². The molecule has 0 spiro atoms. The third-order valence-electron chi connectivity index (χ3n) is 1.08. The highest BCUT2D eigenvalue weighted by Crippen LogP contribution is 2.10. The molecule has 0 aliphatic heterocycles. The van der Waals surface area contributed by atoms with E-state index in [9.17, 15) is 0 Å². The van der Waals surface area contributed by atoms with Crippen LogP contribution in [0.1, 0.15) is 20.3 Å². The lowest BCUT2D eigenvalue weighted by Gasteiger charge is -2.08. The van der Waals surface area contributed by atoms with E-state index in [0.717, 1.165) is 6.42 Å². The number of hydrogen-bond donors (Lipinski definition) is 1. The summed E-state index contributed by atoms with van der Waals surface area (Å²) in [5, 5.41) is 9.43. The van der Waals surface area contributed by atoms with Crippen molar-refractivity contribution in [2.24, 2.45) is 0 Å². The Morgan fingerprint density at radius 3 is 2.12 bits per heavy atom. The van der Waals surface area contributed by atoms with Crippen LogP contribution in [0.2, 0.25) is 0 Å². The van der Waals surface area contributed by atoms with Crippen molar-refractivity contribution in [3.8, 4) is 0 Å². The van der Waals surface area contributed by atoms with E-state index in [4.69, 9.17) is 5.11 Å². The van der Waals surface area contributed by atoms with Crippen molar-refractivity contribution in [1.29, 1.82) is 0 Å². The molecule has 0 aromatic carbocycles. The van der Waals surface area contributed by atoms with Crippen LogP contribution in [0.25, 0.3) is 0 Å². The summed E-state index contributed by atoms with van der Waals surface area (Å²) in [4.78, 5) is 0. The second kappa shape index (κ2) is 4.21. The molecular weight excluding hydrogens is 120 g/mol. The Balaban J connectivity index is 3.10. The Hall–Kier alpha value is 0.310. The van der Waals surface area contributed by atoms with Gasteiger partial charge in [-0.05, 0) is 19.6 Å². The Labute approximate surface area is 55.5 Å². The molecule has 0 saturated heterocycles. The van der Waals surface area contributed by atoms with Gasteiger partial charge in [0.2, 0.25) is 0 Å². The van der Waals surface area contributed by atoms with Crippen LogP contribution in [0.15, 0.2) is 0 Å². The molecule has 0 aliphatic carbocycles. The zero-order valence-corrected chi connectivity index (χ0v) is 6.53. The monoisotopic (exact) mass is 134 g/mol. The molecule has 8 heavy (non-hydrogen) atoms. The van der Waals surface area contributed by atoms with E-state index in [1.165, 1.54) is 0 Å². The average molecular weight is 134 g/mol. The number of rotatable bonds is 3. The third-order valence-corrected chi connectivity index (χ3v) is 2.07. The van der Waals surface area contributed by atoms with Gasteiger partial charge in [-0.3, -0.25) is 0 Å². The normalized spacial score (nSPS) is 18.0. The molecule has 2 unspecified atom stereocenters. The Kier molecular flexibility index (Phi) is 4.38. The maximum atomic E-state index is 8.84. The second-order valence-electron chi connectivity index (χ2n) is 2.13. The van der Waals surface area contributed by atoms with Gasteiger partial charge in [-0.25, -0.2) is 0 Å². The lowest BCUT2D eigenvalue weighted by atomic mass is 10.2. The first-order valence-corrected chi connectivity index (χ1v) is 4.16. The summed E-state index contributed by atoms with van der Waals surface area (Å²) in [5.41, 5.74) is 0. The van der Waals surface area contributed by atoms with Crippen molar-refractivity contribution < 1.29 is 5.11 Å². The highest BCUT2D eigenvalue weighted by Gasteiger charge is 2.01. The number of hydrogen-bond acceptors (Lipinski definition) is 2. The molecule has 2 atom stereocenters. The molecule has 0 radical (unpaired) electrons. The summed E-state index contributed by atoms with van der Waals surface area (Å²) >= 11 is 1.79. The van der Waals surface area contributed by atoms with E-state index >= 15 is 0 Å². The molecule has 0 saturated carbocycles. The van der Waals surface area contributed by atoms with Gasteiger partial charge in [-0.2, -0.15) is 11.8 Å². The lowest BCUT2D eigenvalue weighted by Crippen LogP contribution is -2.07. The van der Waals surface area contributed by atoms with Crippen LogP contribution in [0.4, 0.5) is 0 Å². The van der Waals surface area contributed by atoms with Crippen molar-refractivity contribution in [2.75, 3.05) is 6.26 Å². The zero-order valence-electron chi connectivity index (χ0n) is 5.72.